The van der Waals surface area contributed by atoms with Gasteiger partial charge in [-0.2, -0.15) is 28.1 Å². The van der Waals surface area contributed by atoms with Crippen molar-refractivity contribution in [2.45, 2.75) is 70.2 Å². The molecular formula is C31H34ClF3N4O6S. The quantitative estimate of drug-likeness (QED) is 0.162. The first-order valence-corrected chi connectivity index (χ1v) is 16.6. The summed E-state index contributed by atoms with van der Waals surface area (Å²) in [6.07, 6.45) is -3.12. The monoisotopic (exact) mass is 682 g/mol. The summed E-state index contributed by atoms with van der Waals surface area (Å²) in [6.45, 7) is 3.55. The average Bonchev–Trinajstić information content (AvgIpc) is 3.71. The molecule has 0 saturated heterocycles. The number of alkyl halides is 3. The molecule has 3 aromatic rings. The molecule has 0 amide bonds. The highest BCUT2D eigenvalue weighted by Gasteiger charge is 2.45. The Balaban J connectivity index is 1.42. The van der Waals surface area contributed by atoms with E-state index in [0.717, 1.165) is 18.4 Å². The van der Waals surface area contributed by atoms with Crippen LogP contribution in [0.3, 0.4) is 0 Å². The highest BCUT2D eigenvalue weighted by atomic mass is 35.5. The lowest BCUT2D eigenvalue weighted by Crippen LogP contribution is -2.24. The number of Topliss-reactive ketones (excluding diaryl/α,β-unsaturated/α-hetero) is 1. The van der Waals surface area contributed by atoms with E-state index < -0.39 is 57.3 Å². The highest BCUT2D eigenvalue weighted by molar-refractivity contribution is 7.92. The van der Waals surface area contributed by atoms with Crippen LogP contribution in [0.4, 0.5) is 19.1 Å². The highest BCUT2D eigenvalue weighted by Crippen LogP contribution is 2.48. The number of nitrogens with one attached hydrogen (secondary N) is 1. The topological polar surface area (TPSA) is 137 Å². The number of benzene rings is 2. The minimum Gasteiger partial charge on any atom is -0.460 e. The van der Waals surface area contributed by atoms with Crippen LogP contribution in [0.1, 0.15) is 73.8 Å². The van der Waals surface area contributed by atoms with Gasteiger partial charge < -0.3 is 14.8 Å². The maximum Gasteiger partial charge on any atom is 0.422 e. The number of esters is 1. The van der Waals surface area contributed by atoms with E-state index >= 15 is 0 Å². The molecule has 1 aliphatic carbocycles. The molecule has 0 radical (unpaired) electrons. The van der Waals surface area contributed by atoms with E-state index in [9.17, 15) is 31.2 Å². The van der Waals surface area contributed by atoms with Crippen molar-refractivity contribution in [3.8, 4) is 6.01 Å². The Labute approximate surface area is 270 Å². The number of nitrogens with zero attached hydrogens (tertiary/aromatic N) is 3. The molecule has 1 saturated carbocycles. The zero-order chi connectivity index (χ0) is 33.8. The van der Waals surface area contributed by atoms with Crippen LogP contribution in [0.25, 0.3) is 0 Å². The lowest BCUT2D eigenvalue weighted by Gasteiger charge is -2.19. The van der Waals surface area contributed by atoms with Crippen molar-refractivity contribution < 1.29 is 40.7 Å². The fourth-order valence-corrected chi connectivity index (χ4v) is 5.93. The Morgan fingerprint density at radius 1 is 0.978 bits per heavy atom. The molecule has 1 aliphatic rings. The molecule has 46 heavy (non-hydrogen) atoms. The summed E-state index contributed by atoms with van der Waals surface area (Å²) >= 11 is 6.01. The van der Waals surface area contributed by atoms with Gasteiger partial charge in [0.25, 0.3) is 0 Å². The molecule has 1 fully saturated rings. The number of halogens is 4. The zero-order valence-electron chi connectivity index (χ0n) is 25.5. The Bertz CT molecular complexity index is 1660. The van der Waals surface area contributed by atoms with Crippen molar-refractivity contribution in [1.82, 2.24) is 15.0 Å². The number of hydrogen-bond acceptors (Lipinski definition) is 10. The van der Waals surface area contributed by atoms with Crippen molar-refractivity contribution in [3.63, 3.8) is 0 Å². The van der Waals surface area contributed by atoms with Crippen LogP contribution in [-0.2, 0) is 31.3 Å². The van der Waals surface area contributed by atoms with Gasteiger partial charge >= 0.3 is 18.2 Å². The predicted octanol–water partition coefficient (Wildman–Crippen LogP) is 5.88. The number of carbonyl (C=O) groups excluding carboxylic acids is 2. The summed E-state index contributed by atoms with van der Waals surface area (Å²) in [5.74, 6) is -2.04. The van der Waals surface area contributed by atoms with Gasteiger partial charge in [-0.1, -0.05) is 48.0 Å². The third-order valence-corrected chi connectivity index (χ3v) is 8.63. The number of sulfone groups is 1. The molecule has 0 atom stereocenters. The van der Waals surface area contributed by atoms with Gasteiger partial charge in [0.2, 0.25) is 5.95 Å². The van der Waals surface area contributed by atoms with Crippen LogP contribution in [0.2, 0.25) is 5.02 Å². The average molecular weight is 683 g/mol. The Kier molecular flexibility index (Phi) is 10.6. The number of anilines is 1. The Morgan fingerprint density at radius 3 is 2.22 bits per heavy atom. The van der Waals surface area contributed by atoms with Crippen LogP contribution in [-0.4, -0.2) is 65.0 Å². The summed E-state index contributed by atoms with van der Waals surface area (Å²) < 4.78 is 73.6. The van der Waals surface area contributed by atoms with E-state index in [-0.39, 0.29) is 42.4 Å². The molecule has 4 rings (SSSR count). The Morgan fingerprint density at radius 2 is 1.63 bits per heavy atom. The summed E-state index contributed by atoms with van der Waals surface area (Å²) in [5, 5.41) is 3.78. The second kappa shape index (κ2) is 13.9. The van der Waals surface area contributed by atoms with Crippen molar-refractivity contribution in [2.75, 3.05) is 23.4 Å². The smallest absolute Gasteiger partial charge is 0.422 e. The van der Waals surface area contributed by atoms with Crippen LogP contribution in [0, 0.1) is 0 Å². The van der Waals surface area contributed by atoms with Gasteiger partial charge in [0.1, 0.15) is 17.2 Å². The molecule has 1 heterocycles. The van der Waals surface area contributed by atoms with Gasteiger partial charge in [-0.05, 0) is 63.3 Å². The molecule has 10 nitrogen and oxygen atoms in total. The number of aromatic nitrogens is 3. The lowest BCUT2D eigenvalue weighted by molar-refractivity contribution is -0.155. The Hall–Kier alpha value is -3.78. The number of rotatable bonds is 14. The second-order valence-electron chi connectivity index (χ2n) is 12.1. The normalized spacial score (nSPS) is 14.4. The van der Waals surface area contributed by atoms with Crippen LogP contribution < -0.4 is 10.1 Å². The number of ether oxygens (including phenoxy) is 2. The number of ketones is 1. The van der Waals surface area contributed by atoms with Gasteiger partial charge in [0.15, 0.2) is 22.2 Å². The zero-order valence-corrected chi connectivity index (χ0v) is 27.1. The van der Waals surface area contributed by atoms with E-state index in [2.05, 4.69) is 20.3 Å². The van der Waals surface area contributed by atoms with E-state index in [1.165, 1.54) is 12.1 Å². The number of carbonyl (C=O) groups is 2. The fourth-order valence-electron chi connectivity index (χ4n) is 4.51. The molecule has 0 unspecified atom stereocenters. The van der Waals surface area contributed by atoms with Gasteiger partial charge in [-0.3, -0.25) is 9.59 Å². The number of hydrogen-bond donors (Lipinski definition) is 1. The van der Waals surface area contributed by atoms with Crippen LogP contribution >= 0.6 is 11.6 Å². The van der Waals surface area contributed by atoms with E-state index in [1.807, 2.05) is 12.1 Å². The molecule has 15 heteroatoms. The van der Waals surface area contributed by atoms with Crippen molar-refractivity contribution in [1.29, 1.82) is 0 Å². The van der Waals surface area contributed by atoms with Gasteiger partial charge in [-0.25, -0.2) is 8.42 Å². The molecular weight excluding hydrogens is 649 g/mol. The summed E-state index contributed by atoms with van der Waals surface area (Å²) in [7, 11) is -3.78. The predicted molar refractivity (Wildman–Crippen MR) is 165 cm³/mol. The van der Waals surface area contributed by atoms with Gasteiger partial charge in [0, 0.05) is 23.4 Å². The van der Waals surface area contributed by atoms with Crippen molar-refractivity contribution >= 4 is 39.1 Å². The maximum absolute atomic E-state index is 12.9. The van der Waals surface area contributed by atoms with Gasteiger partial charge in [0.05, 0.1) is 11.3 Å². The molecule has 0 aliphatic heterocycles. The molecule has 248 valence electrons. The fraction of sp³-hybridized carbons (Fsp3) is 0.452. The summed E-state index contributed by atoms with van der Waals surface area (Å²) in [6, 6.07) is 12.7. The van der Waals surface area contributed by atoms with E-state index in [1.54, 1.807) is 45.0 Å². The second-order valence-corrected chi connectivity index (χ2v) is 14.7. The molecule has 1 N–H and O–H groups in total. The van der Waals surface area contributed by atoms with Crippen LogP contribution in [0.15, 0.2) is 48.5 Å². The maximum atomic E-state index is 12.9. The minimum atomic E-state index is -4.60. The molecule has 0 bridgehead atoms. The van der Waals surface area contributed by atoms with Crippen molar-refractivity contribution in [2.24, 2.45) is 0 Å². The van der Waals surface area contributed by atoms with E-state index in [0.29, 0.717) is 10.6 Å². The third-order valence-electron chi connectivity index (χ3n) is 6.77. The van der Waals surface area contributed by atoms with Crippen LogP contribution in [0.5, 0.6) is 6.01 Å². The molecule has 0 spiro atoms. The summed E-state index contributed by atoms with van der Waals surface area (Å²) in [4.78, 5) is 37.1. The third kappa shape index (κ3) is 10.9. The summed E-state index contributed by atoms with van der Waals surface area (Å²) in [5.41, 5.74) is 0.492. The molecule has 2 aromatic carbocycles. The largest absolute Gasteiger partial charge is 0.460 e. The van der Waals surface area contributed by atoms with Gasteiger partial charge in [-0.15, -0.1) is 0 Å². The lowest BCUT2D eigenvalue weighted by atomic mass is 10.1. The van der Waals surface area contributed by atoms with E-state index in [4.69, 9.17) is 21.1 Å². The van der Waals surface area contributed by atoms with Crippen molar-refractivity contribution in [3.05, 3.63) is 76.1 Å². The standard InChI is InChI=1S/C31H34ClF3N4O6S/c1-29(2,3)45-26(41)5-4-16-46(42,43)18-24(40)21-8-6-20(7-9-21)17-25-36-27(38-28(37-25)44-19-31(33,34)35)39-30(14-15-30)22-10-12-23(32)13-11-22/h6-13H,4-5,14-19H2,1-3H3,(H,36,37,38,39). The first-order chi connectivity index (χ1) is 21.4. The first-order valence-electron chi connectivity index (χ1n) is 14.4. The molecule has 1 aromatic heterocycles. The SMILES string of the molecule is CC(C)(C)OC(=O)CCCS(=O)(=O)CC(=O)c1ccc(Cc2nc(NC3(c4ccc(Cl)cc4)CC3)nc(OCC(F)(F)F)n2)cc1. The first kappa shape index (κ1) is 35.1. The minimum absolute atomic E-state index is 0.0295.